The highest BCUT2D eigenvalue weighted by Crippen LogP contribution is 2.25. The normalized spacial score (nSPS) is 9.33. The molecule has 1 aromatic carbocycles. The maximum atomic E-state index is 11.0. The molecule has 1 amide bonds. The van der Waals surface area contributed by atoms with Crippen molar-refractivity contribution in [3.05, 3.63) is 36.9 Å². The van der Waals surface area contributed by atoms with E-state index in [-0.39, 0.29) is 20.4 Å². The highest BCUT2D eigenvalue weighted by molar-refractivity contribution is 14.1. The number of benzene rings is 1. The lowest BCUT2D eigenvalue weighted by atomic mass is 10.1. The van der Waals surface area contributed by atoms with Crippen molar-refractivity contribution in [1.29, 1.82) is 5.26 Å². The van der Waals surface area contributed by atoms with Gasteiger partial charge < -0.3 is 5.73 Å². The Balaban J connectivity index is 3.56. The molecule has 0 atom stereocenters. The van der Waals surface area contributed by atoms with Crippen molar-refractivity contribution >= 4 is 34.2 Å². The minimum atomic E-state index is -0.792. The van der Waals surface area contributed by atoms with Crippen LogP contribution in [-0.2, 0) is 0 Å². The molecule has 0 radical (unpaired) electrons. The van der Waals surface area contributed by atoms with Crippen LogP contribution in [0.3, 0.4) is 0 Å². The molecule has 76 valence electrons. The summed E-state index contributed by atoms with van der Waals surface area (Å²) in [6.45, 7) is 0. The van der Waals surface area contributed by atoms with Crippen molar-refractivity contribution < 1.29 is 9.72 Å². The molecule has 0 saturated heterocycles. The minimum absolute atomic E-state index is 0.0126. The van der Waals surface area contributed by atoms with Crippen LogP contribution >= 0.6 is 22.6 Å². The average Bonchev–Trinajstić information content (AvgIpc) is 2.17. The number of amides is 1. The van der Waals surface area contributed by atoms with Gasteiger partial charge >= 0.3 is 0 Å². The van der Waals surface area contributed by atoms with E-state index in [0.29, 0.717) is 0 Å². The number of halogens is 1. The topological polar surface area (TPSA) is 110 Å². The first kappa shape index (κ1) is 11.4. The second kappa shape index (κ2) is 4.22. The Kier molecular flexibility index (Phi) is 3.21. The molecule has 0 bridgehead atoms. The molecule has 0 aromatic heterocycles. The first-order valence-corrected chi connectivity index (χ1v) is 4.73. The van der Waals surface area contributed by atoms with E-state index >= 15 is 0 Å². The fraction of sp³-hybridized carbons (Fsp3) is 0. The lowest BCUT2D eigenvalue weighted by Gasteiger charge is -2.01. The van der Waals surface area contributed by atoms with Crippen LogP contribution in [0.1, 0.15) is 15.9 Å². The Morgan fingerprint density at radius 1 is 1.60 bits per heavy atom. The minimum Gasteiger partial charge on any atom is -0.366 e. The van der Waals surface area contributed by atoms with Crippen LogP contribution in [0, 0.1) is 25.0 Å². The van der Waals surface area contributed by atoms with Crippen molar-refractivity contribution in [2.24, 2.45) is 5.73 Å². The van der Waals surface area contributed by atoms with Crippen LogP contribution in [0.2, 0.25) is 0 Å². The van der Waals surface area contributed by atoms with E-state index in [0.717, 1.165) is 6.07 Å². The van der Waals surface area contributed by atoms with Crippen molar-refractivity contribution in [2.45, 2.75) is 0 Å². The molecule has 6 nitrogen and oxygen atoms in total. The van der Waals surface area contributed by atoms with E-state index in [1.165, 1.54) is 6.07 Å². The molecular formula is C8H4IN3O3. The highest BCUT2D eigenvalue weighted by atomic mass is 127. The van der Waals surface area contributed by atoms with Gasteiger partial charge in [0.25, 0.3) is 5.69 Å². The highest BCUT2D eigenvalue weighted by Gasteiger charge is 2.20. The molecule has 0 heterocycles. The molecule has 0 unspecified atom stereocenters. The van der Waals surface area contributed by atoms with Gasteiger partial charge in [0.2, 0.25) is 5.91 Å². The van der Waals surface area contributed by atoms with E-state index in [1.54, 1.807) is 28.7 Å². The van der Waals surface area contributed by atoms with Crippen LogP contribution in [-0.4, -0.2) is 10.8 Å². The van der Waals surface area contributed by atoms with Gasteiger partial charge in [-0.2, -0.15) is 5.26 Å². The van der Waals surface area contributed by atoms with Crippen LogP contribution in [0.4, 0.5) is 5.69 Å². The fourth-order valence-corrected chi connectivity index (χ4v) is 1.76. The van der Waals surface area contributed by atoms with Gasteiger partial charge in [-0.25, -0.2) is 0 Å². The predicted octanol–water partition coefficient (Wildman–Crippen LogP) is 1.17. The molecule has 15 heavy (non-hydrogen) atoms. The number of hydrogen-bond donors (Lipinski definition) is 1. The van der Waals surface area contributed by atoms with Crippen molar-refractivity contribution in [2.75, 3.05) is 0 Å². The standard InChI is InChI=1S/C8H4IN3O3/c9-7-5(8(11)13)1-4(3-10)2-6(7)12(14)15/h1-2H,(H2,11,13). The number of rotatable bonds is 2. The number of hydrogen-bond acceptors (Lipinski definition) is 4. The maximum Gasteiger partial charge on any atom is 0.284 e. The van der Waals surface area contributed by atoms with Gasteiger partial charge in [0, 0.05) is 6.07 Å². The molecule has 0 aliphatic carbocycles. The number of nitro benzene ring substituents is 1. The van der Waals surface area contributed by atoms with Crippen LogP contribution in [0.5, 0.6) is 0 Å². The van der Waals surface area contributed by atoms with Gasteiger partial charge in [-0.3, -0.25) is 14.9 Å². The van der Waals surface area contributed by atoms with Crippen LogP contribution in [0.15, 0.2) is 12.1 Å². The quantitative estimate of drug-likeness (QED) is 0.501. The monoisotopic (exact) mass is 317 g/mol. The molecular weight excluding hydrogens is 313 g/mol. The summed E-state index contributed by atoms with van der Waals surface area (Å²) in [7, 11) is 0. The summed E-state index contributed by atoms with van der Waals surface area (Å²) in [6, 6.07) is 4.07. The number of primary amides is 1. The van der Waals surface area contributed by atoms with Gasteiger partial charge in [0.1, 0.15) is 3.57 Å². The Hall–Kier alpha value is -1.69. The fourth-order valence-electron chi connectivity index (χ4n) is 0.986. The van der Waals surface area contributed by atoms with E-state index in [1.807, 2.05) is 0 Å². The van der Waals surface area contributed by atoms with E-state index in [4.69, 9.17) is 11.0 Å². The molecule has 0 fully saturated rings. The summed E-state index contributed by atoms with van der Waals surface area (Å²) < 4.78 is 0.143. The summed E-state index contributed by atoms with van der Waals surface area (Å²) in [5.74, 6) is -0.792. The van der Waals surface area contributed by atoms with Crippen LogP contribution in [0.25, 0.3) is 0 Å². The Morgan fingerprint density at radius 2 is 2.20 bits per heavy atom. The van der Waals surface area contributed by atoms with E-state index in [9.17, 15) is 14.9 Å². The molecule has 1 aromatic rings. The number of nitro groups is 1. The zero-order chi connectivity index (χ0) is 11.6. The summed E-state index contributed by atoms with van der Waals surface area (Å²) in [5.41, 5.74) is 4.77. The van der Waals surface area contributed by atoms with Gasteiger partial charge in [0.15, 0.2) is 0 Å². The first-order chi connectivity index (χ1) is 6.97. The predicted molar refractivity (Wildman–Crippen MR) is 59.0 cm³/mol. The third-order valence-corrected chi connectivity index (χ3v) is 2.78. The van der Waals surface area contributed by atoms with E-state index in [2.05, 4.69) is 0 Å². The van der Waals surface area contributed by atoms with Gasteiger partial charge in [-0.1, -0.05) is 0 Å². The third-order valence-electron chi connectivity index (χ3n) is 1.64. The Bertz CT molecular complexity index is 457. The average molecular weight is 317 g/mol. The van der Waals surface area contributed by atoms with Crippen molar-refractivity contribution in [3.8, 4) is 6.07 Å². The molecule has 0 aliphatic rings. The van der Waals surface area contributed by atoms with Gasteiger partial charge in [-0.05, 0) is 28.7 Å². The van der Waals surface area contributed by atoms with E-state index < -0.39 is 10.8 Å². The lowest BCUT2D eigenvalue weighted by Crippen LogP contribution is -2.14. The molecule has 0 saturated carbocycles. The molecule has 1 rings (SSSR count). The molecule has 2 N–H and O–H groups in total. The number of nitrogens with zero attached hydrogens (tertiary/aromatic N) is 2. The Labute approximate surface area is 98.0 Å². The SMILES string of the molecule is N#Cc1cc(C(N)=O)c(I)c([N+](=O)[O-])c1. The van der Waals surface area contributed by atoms with Crippen molar-refractivity contribution in [3.63, 3.8) is 0 Å². The number of nitrogens with two attached hydrogens (primary N) is 1. The number of carbonyl (C=O) groups excluding carboxylic acids is 1. The van der Waals surface area contributed by atoms with Gasteiger partial charge in [0.05, 0.1) is 22.1 Å². The van der Waals surface area contributed by atoms with Crippen molar-refractivity contribution in [1.82, 2.24) is 0 Å². The zero-order valence-corrected chi connectivity index (χ0v) is 9.39. The summed E-state index contributed by atoms with van der Waals surface area (Å²) >= 11 is 1.65. The lowest BCUT2D eigenvalue weighted by molar-refractivity contribution is -0.385. The smallest absolute Gasteiger partial charge is 0.284 e. The summed E-state index contributed by atoms with van der Waals surface area (Å²) in [6.07, 6.45) is 0. The third kappa shape index (κ3) is 2.21. The molecule has 0 aliphatic heterocycles. The second-order valence-electron chi connectivity index (χ2n) is 2.59. The van der Waals surface area contributed by atoms with Gasteiger partial charge in [-0.15, -0.1) is 0 Å². The summed E-state index contributed by atoms with van der Waals surface area (Å²) in [5, 5.41) is 19.2. The first-order valence-electron chi connectivity index (χ1n) is 3.65. The Morgan fingerprint density at radius 3 is 2.60 bits per heavy atom. The maximum absolute atomic E-state index is 11.0. The molecule has 7 heteroatoms. The zero-order valence-electron chi connectivity index (χ0n) is 7.23. The summed E-state index contributed by atoms with van der Waals surface area (Å²) in [4.78, 5) is 20.9. The second-order valence-corrected chi connectivity index (χ2v) is 3.67. The van der Waals surface area contributed by atoms with Crippen LogP contribution < -0.4 is 5.73 Å². The largest absolute Gasteiger partial charge is 0.366 e. The number of carbonyl (C=O) groups is 1. The number of nitriles is 1. The molecule has 0 spiro atoms.